The summed E-state index contributed by atoms with van der Waals surface area (Å²) in [5, 5.41) is 169. The number of aliphatic hydroxyl groups excluding tert-OH is 16. The van der Waals surface area contributed by atoms with Crippen LogP contribution in [0.4, 0.5) is 0 Å². The van der Waals surface area contributed by atoms with E-state index in [-0.39, 0.29) is 0 Å². The Kier molecular flexibility index (Phi) is 17.1. The Hall–Kier alpha value is -1.53. The van der Waals surface area contributed by atoms with Gasteiger partial charge < -0.3 is 130 Å². The summed E-state index contributed by atoms with van der Waals surface area (Å²) in [4.78, 5) is 11.9. The maximum atomic E-state index is 11.9. The standard InChI is InChI=1S/C32H55NO26/c1-7(38)33-13-18(43)25(57-29-23(48)19(44)14(39)8(2-34)53-29)12(52-28(13)50)6-51-31-26(21(46)16(41)10(4-36)55-31)59-32-27(22(47)17(42)11(5-37)56-32)58-30-24(49)20(45)15(40)9(3-35)54-30/h8-32,34-37,39-50H,2-6H2,1H3,(H,33,38)/t8-,9-,10-,11-,12-,13-,14+,15+,16+,17+,18-,19+,20+,21+,22+,23-,24-,25-,26-,27-,28?,29+,30+,31-,32+/m1/s1. The predicted molar refractivity (Wildman–Crippen MR) is 178 cm³/mol. The van der Waals surface area contributed by atoms with Crippen molar-refractivity contribution in [2.75, 3.05) is 33.0 Å². The third kappa shape index (κ3) is 10.3. The molecule has 5 heterocycles. The number of hydrogen-bond acceptors (Lipinski definition) is 26. The van der Waals surface area contributed by atoms with Crippen molar-refractivity contribution in [1.82, 2.24) is 5.32 Å². The smallest absolute Gasteiger partial charge is 0.217 e. The summed E-state index contributed by atoms with van der Waals surface area (Å²) < 4.78 is 50.7. The predicted octanol–water partition coefficient (Wildman–Crippen LogP) is -11.8. The molecule has 0 aromatic heterocycles. The average Bonchev–Trinajstić information content (AvgIpc) is 3.21. The molecular formula is C32H55NO26. The van der Waals surface area contributed by atoms with E-state index in [1.54, 1.807) is 0 Å². The van der Waals surface area contributed by atoms with Crippen molar-refractivity contribution in [2.24, 2.45) is 0 Å². The van der Waals surface area contributed by atoms with Gasteiger partial charge in [-0.05, 0) is 0 Å². The number of hydrogen-bond donors (Lipinski definition) is 17. The van der Waals surface area contributed by atoms with Crippen LogP contribution in [0, 0.1) is 0 Å². The van der Waals surface area contributed by atoms with E-state index in [0.29, 0.717) is 0 Å². The molecule has 1 amide bonds. The van der Waals surface area contributed by atoms with Crippen molar-refractivity contribution in [1.29, 1.82) is 0 Å². The van der Waals surface area contributed by atoms with E-state index >= 15 is 0 Å². The Morgan fingerprint density at radius 1 is 0.441 bits per heavy atom. The molecule has 27 heteroatoms. The molecule has 0 radical (unpaired) electrons. The number of ether oxygens (including phenoxy) is 9. The second-order valence-electron chi connectivity index (χ2n) is 14.7. The van der Waals surface area contributed by atoms with Crippen molar-refractivity contribution in [3.05, 3.63) is 0 Å². The minimum Gasteiger partial charge on any atom is -0.394 e. The largest absolute Gasteiger partial charge is 0.394 e. The highest BCUT2D eigenvalue weighted by Crippen LogP contribution is 2.35. The fraction of sp³-hybridized carbons (Fsp3) is 0.969. The van der Waals surface area contributed by atoms with Gasteiger partial charge >= 0.3 is 0 Å². The lowest BCUT2D eigenvalue weighted by Gasteiger charge is -2.49. The second-order valence-corrected chi connectivity index (χ2v) is 14.7. The van der Waals surface area contributed by atoms with Crippen LogP contribution in [0.3, 0.4) is 0 Å². The van der Waals surface area contributed by atoms with Gasteiger partial charge in [-0.3, -0.25) is 4.79 Å². The van der Waals surface area contributed by atoms with Crippen molar-refractivity contribution in [2.45, 2.75) is 160 Å². The zero-order valence-corrected chi connectivity index (χ0v) is 31.2. The van der Waals surface area contributed by atoms with E-state index in [9.17, 15) is 86.5 Å². The highest BCUT2D eigenvalue weighted by molar-refractivity contribution is 5.73. The number of carbonyl (C=O) groups excluding carboxylic acids is 1. The maximum absolute atomic E-state index is 11.9. The quantitative estimate of drug-likeness (QED) is 0.0770. The number of rotatable bonds is 14. The first-order valence-electron chi connectivity index (χ1n) is 18.6. The van der Waals surface area contributed by atoms with Crippen molar-refractivity contribution >= 4 is 5.91 Å². The molecule has 0 saturated carbocycles. The number of amides is 1. The van der Waals surface area contributed by atoms with Gasteiger partial charge in [-0.1, -0.05) is 0 Å². The number of nitrogens with one attached hydrogen (secondary N) is 1. The number of aliphatic hydroxyl groups is 16. The lowest BCUT2D eigenvalue weighted by atomic mass is 9.95. The molecule has 59 heavy (non-hydrogen) atoms. The number of carbonyl (C=O) groups is 1. The van der Waals surface area contributed by atoms with E-state index in [1.807, 2.05) is 0 Å². The molecule has 344 valence electrons. The van der Waals surface area contributed by atoms with Crippen LogP contribution < -0.4 is 5.32 Å². The van der Waals surface area contributed by atoms with Gasteiger partial charge in [0, 0.05) is 6.92 Å². The molecule has 0 bridgehead atoms. The Balaban J connectivity index is 1.41. The maximum Gasteiger partial charge on any atom is 0.217 e. The molecule has 5 aliphatic rings. The minimum absolute atomic E-state index is 0.740. The summed E-state index contributed by atoms with van der Waals surface area (Å²) in [5.74, 6) is -0.740. The first kappa shape index (κ1) is 48.5. The van der Waals surface area contributed by atoms with Crippen molar-refractivity contribution in [3.8, 4) is 0 Å². The van der Waals surface area contributed by atoms with E-state index in [1.165, 1.54) is 0 Å². The summed E-state index contributed by atoms with van der Waals surface area (Å²) >= 11 is 0. The van der Waals surface area contributed by atoms with E-state index < -0.39 is 192 Å². The Morgan fingerprint density at radius 3 is 1.25 bits per heavy atom. The third-order valence-electron chi connectivity index (χ3n) is 10.7. The van der Waals surface area contributed by atoms with Gasteiger partial charge in [-0.2, -0.15) is 0 Å². The fourth-order valence-corrected chi connectivity index (χ4v) is 7.29. The lowest BCUT2D eigenvalue weighted by molar-refractivity contribution is -0.396. The Bertz CT molecular complexity index is 1320. The zero-order valence-electron chi connectivity index (χ0n) is 31.2. The van der Waals surface area contributed by atoms with Gasteiger partial charge in [-0.15, -0.1) is 0 Å². The highest BCUT2D eigenvalue weighted by Gasteiger charge is 2.56. The summed E-state index contributed by atoms with van der Waals surface area (Å²) in [6.07, 6.45) is -44.8. The first-order chi connectivity index (χ1) is 27.9. The van der Waals surface area contributed by atoms with Gasteiger partial charge in [0.15, 0.2) is 31.5 Å². The van der Waals surface area contributed by atoms with Gasteiger partial charge in [-0.25, -0.2) is 0 Å². The molecule has 0 aromatic carbocycles. The summed E-state index contributed by atoms with van der Waals surface area (Å²) in [6.45, 7) is -3.40. The molecule has 17 N–H and O–H groups in total. The van der Waals surface area contributed by atoms with Crippen LogP contribution in [0.1, 0.15) is 6.92 Å². The molecule has 5 saturated heterocycles. The summed E-state index contributed by atoms with van der Waals surface area (Å²) in [6, 6.07) is -1.60. The molecule has 27 nitrogen and oxygen atoms in total. The second kappa shape index (κ2) is 20.8. The van der Waals surface area contributed by atoms with Crippen LogP contribution in [-0.2, 0) is 47.4 Å². The van der Waals surface area contributed by atoms with Crippen molar-refractivity contribution < 1.29 is 129 Å². The van der Waals surface area contributed by atoms with Gasteiger partial charge in [0.1, 0.15) is 122 Å². The SMILES string of the molecule is CC(=O)N[C@H]1C(O)O[C@H](CO[C@@H]2O[C@H](CO)[C@H](O)[C@H](O)[C@H]2O[C@@H]2O[C@H](CO)[C@H](O)[C@H](O)[C@H]2O[C@@H]2O[C@H](CO)[C@H](O)[C@H](O)[C@H]2O)[C@@H](O[C@@H]2O[C@H](CO)[C@H](O)[C@H](O)[C@H]2O)[C@@H]1O. The first-order valence-corrected chi connectivity index (χ1v) is 18.6. The molecule has 5 aliphatic heterocycles. The Labute approximate surface area is 333 Å². The topological polar surface area (TPSA) is 436 Å². The van der Waals surface area contributed by atoms with Crippen molar-refractivity contribution in [3.63, 3.8) is 0 Å². The molecule has 0 aromatic rings. The monoisotopic (exact) mass is 869 g/mol. The van der Waals surface area contributed by atoms with Crippen LogP contribution in [0.5, 0.6) is 0 Å². The van der Waals surface area contributed by atoms with Crippen LogP contribution in [0.2, 0.25) is 0 Å². The van der Waals surface area contributed by atoms with Crippen LogP contribution in [0.15, 0.2) is 0 Å². The van der Waals surface area contributed by atoms with E-state index in [0.717, 1.165) is 6.92 Å². The molecule has 5 rings (SSSR count). The molecule has 5 fully saturated rings. The van der Waals surface area contributed by atoms with Gasteiger partial charge in [0.25, 0.3) is 0 Å². The normalized spacial score (nSPS) is 51.0. The molecule has 1 unspecified atom stereocenters. The van der Waals surface area contributed by atoms with Gasteiger partial charge in [0.2, 0.25) is 5.91 Å². The molecule has 0 spiro atoms. The summed E-state index contributed by atoms with van der Waals surface area (Å²) in [5.41, 5.74) is 0. The third-order valence-corrected chi connectivity index (χ3v) is 10.7. The van der Waals surface area contributed by atoms with E-state index in [2.05, 4.69) is 5.32 Å². The van der Waals surface area contributed by atoms with Crippen LogP contribution in [-0.4, -0.2) is 274 Å². The minimum atomic E-state index is -2.08. The zero-order chi connectivity index (χ0) is 43.6. The molecular weight excluding hydrogens is 814 g/mol. The van der Waals surface area contributed by atoms with E-state index in [4.69, 9.17) is 42.6 Å². The lowest BCUT2D eigenvalue weighted by Crippen LogP contribution is -2.68. The van der Waals surface area contributed by atoms with Crippen LogP contribution >= 0.6 is 0 Å². The molecule has 0 aliphatic carbocycles. The Morgan fingerprint density at radius 2 is 0.814 bits per heavy atom. The molecule has 25 atom stereocenters. The summed E-state index contributed by atoms with van der Waals surface area (Å²) in [7, 11) is 0. The van der Waals surface area contributed by atoms with Gasteiger partial charge in [0.05, 0.1) is 33.0 Å². The highest BCUT2D eigenvalue weighted by atomic mass is 16.8. The van der Waals surface area contributed by atoms with Crippen LogP contribution in [0.25, 0.3) is 0 Å². The fourth-order valence-electron chi connectivity index (χ4n) is 7.29. The average molecular weight is 870 g/mol.